The van der Waals surface area contributed by atoms with Gasteiger partial charge in [-0.05, 0) is 64.7 Å². The number of aryl methyl sites for hydroxylation is 1. The van der Waals surface area contributed by atoms with Crippen LogP contribution in [0, 0.1) is 0 Å². The van der Waals surface area contributed by atoms with E-state index in [1.165, 1.54) is 6.07 Å². The zero-order chi connectivity index (χ0) is 19.1. The van der Waals surface area contributed by atoms with Crippen LogP contribution >= 0.6 is 0 Å². The molecule has 0 radical (unpaired) electrons. The molecule has 1 aromatic heterocycles. The molecule has 5 nitrogen and oxygen atoms in total. The lowest BCUT2D eigenvalue weighted by Crippen LogP contribution is -2.61. The van der Waals surface area contributed by atoms with Crippen LogP contribution in [0.1, 0.15) is 58.6 Å². The Morgan fingerprint density at radius 3 is 2.50 bits per heavy atom. The highest BCUT2D eigenvalue weighted by atomic mass is 16.4. The zero-order valence-electron chi connectivity index (χ0n) is 16.4. The van der Waals surface area contributed by atoms with Gasteiger partial charge in [-0.25, -0.2) is 4.79 Å². The summed E-state index contributed by atoms with van der Waals surface area (Å²) < 4.78 is 5.47. The molecule has 1 aliphatic rings. The molecule has 1 saturated heterocycles. The highest BCUT2D eigenvalue weighted by Gasteiger charge is 2.37. The number of piperidine rings is 1. The van der Waals surface area contributed by atoms with E-state index in [-0.39, 0.29) is 22.5 Å². The number of benzene rings is 1. The average Bonchev–Trinajstić information content (AvgIpc) is 2.50. The Bertz CT molecular complexity index is 851. The molecule has 1 fully saturated rings. The Morgan fingerprint density at radius 1 is 1.23 bits per heavy atom. The van der Waals surface area contributed by atoms with Crippen LogP contribution in [0.2, 0.25) is 0 Å². The van der Waals surface area contributed by atoms with Crippen molar-refractivity contribution in [1.29, 1.82) is 0 Å². The van der Waals surface area contributed by atoms with Gasteiger partial charge < -0.3 is 20.2 Å². The van der Waals surface area contributed by atoms with Crippen molar-refractivity contribution in [3.8, 4) is 5.75 Å². The molecule has 1 aromatic carbocycles. The van der Waals surface area contributed by atoms with E-state index < -0.39 is 0 Å². The van der Waals surface area contributed by atoms with E-state index in [1.807, 2.05) is 13.0 Å². The third-order valence-electron chi connectivity index (χ3n) is 5.22. The second-order valence-electron chi connectivity index (χ2n) is 8.76. The Morgan fingerprint density at radius 2 is 1.88 bits per heavy atom. The predicted octanol–water partition coefficient (Wildman–Crippen LogP) is 3.46. The number of hydrogen-bond donors (Lipinski definition) is 3. The summed E-state index contributed by atoms with van der Waals surface area (Å²) >= 11 is 0. The van der Waals surface area contributed by atoms with Gasteiger partial charge in [0.15, 0.2) is 0 Å². The maximum Gasteiger partial charge on any atom is 0.336 e. The number of phenols is 1. The van der Waals surface area contributed by atoms with Gasteiger partial charge in [0, 0.05) is 35.1 Å². The van der Waals surface area contributed by atoms with Gasteiger partial charge in [-0.2, -0.15) is 0 Å². The summed E-state index contributed by atoms with van der Waals surface area (Å²) in [5, 5.41) is 18.5. The van der Waals surface area contributed by atoms with Crippen LogP contribution in [-0.2, 0) is 13.0 Å². The Hall–Kier alpha value is -1.85. The van der Waals surface area contributed by atoms with Gasteiger partial charge in [0.05, 0.1) is 5.56 Å². The molecule has 0 amide bonds. The molecule has 3 N–H and O–H groups in total. The second kappa shape index (κ2) is 6.71. The Balaban J connectivity index is 1.90. The van der Waals surface area contributed by atoms with E-state index in [4.69, 9.17) is 4.42 Å². The summed E-state index contributed by atoms with van der Waals surface area (Å²) in [7, 11) is 0. The van der Waals surface area contributed by atoms with Crippen LogP contribution in [0.15, 0.2) is 27.4 Å². The first-order valence-corrected chi connectivity index (χ1v) is 9.40. The van der Waals surface area contributed by atoms with E-state index >= 15 is 0 Å². The van der Waals surface area contributed by atoms with Crippen molar-refractivity contribution in [3.05, 3.63) is 39.7 Å². The van der Waals surface area contributed by atoms with E-state index in [2.05, 4.69) is 38.3 Å². The van der Waals surface area contributed by atoms with Gasteiger partial charge >= 0.3 is 5.63 Å². The van der Waals surface area contributed by atoms with E-state index in [0.29, 0.717) is 23.7 Å². The van der Waals surface area contributed by atoms with Crippen molar-refractivity contribution in [3.63, 3.8) is 0 Å². The standard InChI is InChI=1S/C21H30N2O3/c1-6-13-9-18(25)26-19-15(13)7-8-17(24)16(19)12-22-14-10-20(2,3)23-21(4,5)11-14/h7-9,14,22-24H,6,10-12H2,1-5H3. The zero-order valence-corrected chi connectivity index (χ0v) is 16.4. The minimum Gasteiger partial charge on any atom is -0.507 e. The van der Waals surface area contributed by atoms with Crippen molar-refractivity contribution in [2.24, 2.45) is 0 Å². The second-order valence-corrected chi connectivity index (χ2v) is 8.76. The van der Waals surface area contributed by atoms with Crippen molar-refractivity contribution in [1.82, 2.24) is 10.6 Å². The summed E-state index contributed by atoms with van der Waals surface area (Å²) in [6.45, 7) is 11.3. The van der Waals surface area contributed by atoms with Crippen LogP contribution in [0.4, 0.5) is 0 Å². The summed E-state index contributed by atoms with van der Waals surface area (Å²) in [5.41, 5.74) is 1.81. The lowest BCUT2D eigenvalue weighted by atomic mass is 9.79. The van der Waals surface area contributed by atoms with Gasteiger partial charge in [0.1, 0.15) is 11.3 Å². The van der Waals surface area contributed by atoms with Gasteiger partial charge in [-0.3, -0.25) is 0 Å². The molecular formula is C21H30N2O3. The lowest BCUT2D eigenvalue weighted by molar-refractivity contribution is 0.145. The summed E-state index contributed by atoms with van der Waals surface area (Å²) in [6.07, 6.45) is 2.73. The SMILES string of the molecule is CCc1cc(=O)oc2c(CNC3CC(C)(C)NC(C)(C)C3)c(O)ccc12. The van der Waals surface area contributed by atoms with Crippen molar-refractivity contribution in [2.45, 2.75) is 77.5 Å². The number of phenolic OH excluding ortho intramolecular Hbond substituents is 1. The number of hydrogen-bond acceptors (Lipinski definition) is 5. The van der Waals surface area contributed by atoms with Crippen molar-refractivity contribution >= 4 is 11.0 Å². The molecule has 0 spiro atoms. The van der Waals surface area contributed by atoms with Crippen LogP contribution in [0.25, 0.3) is 11.0 Å². The first-order valence-electron chi connectivity index (χ1n) is 9.40. The number of rotatable bonds is 4. The topological polar surface area (TPSA) is 74.5 Å². The molecule has 0 saturated carbocycles. The monoisotopic (exact) mass is 358 g/mol. The number of fused-ring (bicyclic) bond motifs is 1. The first-order chi connectivity index (χ1) is 12.1. The largest absolute Gasteiger partial charge is 0.507 e. The van der Waals surface area contributed by atoms with Gasteiger partial charge in [-0.15, -0.1) is 0 Å². The van der Waals surface area contributed by atoms with Crippen molar-refractivity contribution in [2.75, 3.05) is 0 Å². The molecule has 2 aromatic rings. The molecule has 142 valence electrons. The maximum atomic E-state index is 11.9. The molecule has 0 bridgehead atoms. The van der Waals surface area contributed by atoms with Crippen LogP contribution in [0.5, 0.6) is 5.75 Å². The minimum absolute atomic E-state index is 0.0438. The quantitative estimate of drug-likeness (QED) is 0.730. The molecule has 2 heterocycles. The summed E-state index contributed by atoms with van der Waals surface area (Å²) in [5.74, 6) is 0.161. The van der Waals surface area contributed by atoms with E-state index in [1.54, 1.807) is 6.07 Å². The van der Waals surface area contributed by atoms with Crippen LogP contribution in [0.3, 0.4) is 0 Å². The molecule has 26 heavy (non-hydrogen) atoms. The first kappa shape index (κ1) is 18.9. The molecule has 5 heteroatoms. The minimum atomic E-state index is -0.370. The smallest absolute Gasteiger partial charge is 0.336 e. The van der Waals surface area contributed by atoms with Crippen LogP contribution in [-0.4, -0.2) is 22.2 Å². The number of aromatic hydroxyl groups is 1. The molecule has 0 aliphatic carbocycles. The van der Waals surface area contributed by atoms with E-state index in [0.717, 1.165) is 30.2 Å². The van der Waals surface area contributed by atoms with Crippen LogP contribution < -0.4 is 16.3 Å². The molecule has 3 rings (SSSR count). The Kier molecular flexibility index (Phi) is 4.88. The number of nitrogens with one attached hydrogen (secondary N) is 2. The maximum absolute atomic E-state index is 11.9. The highest BCUT2D eigenvalue weighted by Crippen LogP contribution is 2.31. The van der Waals surface area contributed by atoms with Gasteiger partial charge in [-0.1, -0.05) is 6.92 Å². The average molecular weight is 358 g/mol. The predicted molar refractivity (Wildman–Crippen MR) is 105 cm³/mol. The van der Waals surface area contributed by atoms with E-state index in [9.17, 15) is 9.90 Å². The fourth-order valence-corrected chi connectivity index (χ4v) is 4.51. The molecule has 0 unspecified atom stereocenters. The fourth-order valence-electron chi connectivity index (χ4n) is 4.51. The summed E-state index contributed by atoms with van der Waals surface area (Å²) in [4.78, 5) is 11.9. The third-order valence-corrected chi connectivity index (χ3v) is 5.22. The van der Waals surface area contributed by atoms with Crippen molar-refractivity contribution < 1.29 is 9.52 Å². The lowest BCUT2D eigenvalue weighted by Gasteiger charge is -2.46. The van der Waals surface area contributed by atoms with Gasteiger partial charge in [0.25, 0.3) is 0 Å². The molecule has 0 atom stereocenters. The third kappa shape index (κ3) is 3.94. The fraction of sp³-hybridized carbons (Fsp3) is 0.571. The summed E-state index contributed by atoms with van der Waals surface area (Å²) in [6, 6.07) is 5.37. The molecular weight excluding hydrogens is 328 g/mol. The normalized spacial score (nSPS) is 19.7. The van der Waals surface area contributed by atoms with Gasteiger partial charge in [0.2, 0.25) is 0 Å². The Labute approximate surface area is 154 Å². The highest BCUT2D eigenvalue weighted by molar-refractivity contribution is 5.85. The molecule has 1 aliphatic heterocycles.